The normalized spacial score (nSPS) is 39.9. The zero-order valence-electron chi connectivity index (χ0n) is 11.7. The summed E-state index contributed by atoms with van der Waals surface area (Å²) in [7, 11) is 0. The summed E-state index contributed by atoms with van der Waals surface area (Å²) in [4.78, 5) is 2.63. The van der Waals surface area contributed by atoms with Crippen LogP contribution in [0.3, 0.4) is 0 Å². The molecule has 0 aromatic heterocycles. The second-order valence-corrected chi connectivity index (χ2v) is 7.39. The van der Waals surface area contributed by atoms with E-state index in [0.29, 0.717) is 17.5 Å². The van der Waals surface area contributed by atoms with Gasteiger partial charge in [-0.15, -0.1) is 0 Å². The number of nitriles is 1. The lowest BCUT2D eigenvalue weighted by Crippen LogP contribution is -2.45. The molecular weight excluding hydrogens is 222 g/mol. The van der Waals surface area contributed by atoms with Crippen molar-refractivity contribution in [3.63, 3.8) is 0 Å². The van der Waals surface area contributed by atoms with Crippen LogP contribution in [-0.4, -0.2) is 35.6 Å². The molecule has 1 saturated heterocycles. The van der Waals surface area contributed by atoms with Crippen LogP contribution in [0.4, 0.5) is 0 Å². The van der Waals surface area contributed by atoms with E-state index in [1.807, 2.05) is 0 Å². The van der Waals surface area contributed by atoms with Gasteiger partial charge in [0.05, 0.1) is 6.07 Å². The van der Waals surface area contributed by atoms with Gasteiger partial charge in [0.1, 0.15) is 5.54 Å². The first-order chi connectivity index (χ1) is 8.52. The van der Waals surface area contributed by atoms with Gasteiger partial charge in [-0.3, -0.25) is 10.2 Å². The van der Waals surface area contributed by atoms with Crippen LogP contribution in [0.1, 0.15) is 52.4 Å². The van der Waals surface area contributed by atoms with Crippen molar-refractivity contribution in [2.24, 2.45) is 5.41 Å². The highest BCUT2D eigenvalue weighted by Crippen LogP contribution is 2.39. The van der Waals surface area contributed by atoms with E-state index in [-0.39, 0.29) is 5.54 Å². The van der Waals surface area contributed by atoms with Gasteiger partial charge in [0.2, 0.25) is 0 Å². The van der Waals surface area contributed by atoms with Crippen LogP contribution in [-0.2, 0) is 0 Å². The molecule has 2 saturated carbocycles. The lowest BCUT2D eigenvalue weighted by atomic mass is 9.93. The van der Waals surface area contributed by atoms with Crippen LogP contribution in [0.15, 0.2) is 0 Å². The minimum atomic E-state index is -0.210. The monoisotopic (exact) mass is 247 g/mol. The predicted molar refractivity (Wildman–Crippen MR) is 72.1 cm³/mol. The standard InChI is InChI=1S/C15H25N3/c1-14(2)7-8-18(11-14)13-5-6-15(9-13,10-16)17-12-3-4-12/h12-13,17H,3-9,11H2,1-2H3. The van der Waals surface area contributed by atoms with Crippen molar-refractivity contribution in [2.75, 3.05) is 13.1 Å². The van der Waals surface area contributed by atoms with Gasteiger partial charge in [-0.2, -0.15) is 5.26 Å². The summed E-state index contributed by atoms with van der Waals surface area (Å²) >= 11 is 0. The van der Waals surface area contributed by atoms with Crippen molar-refractivity contribution in [1.82, 2.24) is 10.2 Å². The molecule has 0 aromatic rings. The SMILES string of the molecule is CC1(C)CCN(C2CCC(C#N)(NC3CC3)C2)C1. The van der Waals surface area contributed by atoms with E-state index in [1.54, 1.807) is 0 Å². The molecule has 0 radical (unpaired) electrons. The number of nitrogens with one attached hydrogen (secondary N) is 1. The van der Waals surface area contributed by atoms with Crippen molar-refractivity contribution in [2.45, 2.75) is 70.0 Å². The van der Waals surface area contributed by atoms with Gasteiger partial charge in [-0.25, -0.2) is 0 Å². The third-order valence-corrected chi connectivity index (χ3v) is 4.98. The van der Waals surface area contributed by atoms with E-state index in [1.165, 1.54) is 38.8 Å². The minimum Gasteiger partial charge on any atom is -0.300 e. The highest BCUT2D eigenvalue weighted by atomic mass is 15.2. The Labute approximate surface area is 111 Å². The van der Waals surface area contributed by atoms with Gasteiger partial charge < -0.3 is 0 Å². The molecule has 3 nitrogen and oxygen atoms in total. The Morgan fingerprint density at radius 1 is 1.22 bits per heavy atom. The Balaban J connectivity index is 1.62. The van der Waals surface area contributed by atoms with Crippen LogP contribution < -0.4 is 5.32 Å². The average molecular weight is 247 g/mol. The van der Waals surface area contributed by atoms with Gasteiger partial charge >= 0.3 is 0 Å². The summed E-state index contributed by atoms with van der Waals surface area (Å²) in [5, 5.41) is 13.1. The summed E-state index contributed by atoms with van der Waals surface area (Å²) in [5.74, 6) is 0. The van der Waals surface area contributed by atoms with Gasteiger partial charge in [-0.05, 0) is 50.5 Å². The zero-order chi connectivity index (χ0) is 12.8. The molecule has 1 aliphatic heterocycles. The Hall–Kier alpha value is -0.590. The molecule has 0 amide bonds. The molecule has 0 bridgehead atoms. The van der Waals surface area contributed by atoms with Crippen molar-refractivity contribution in [3.8, 4) is 6.07 Å². The van der Waals surface area contributed by atoms with Crippen molar-refractivity contribution < 1.29 is 0 Å². The lowest BCUT2D eigenvalue weighted by molar-refractivity contribution is 0.212. The first-order valence-electron chi connectivity index (χ1n) is 7.45. The summed E-state index contributed by atoms with van der Waals surface area (Å²) < 4.78 is 0. The Morgan fingerprint density at radius 2 is 2.00 bits per heavy atom. The molecule has 18 heavy (non-hydrogen) atoms. The minimum absolute atomic E-state index is 0.210. The molecule has 2 atom stereocenters. The van der Waals surface area contributed by atoms with Crippen LogP contribution >= 0.6 is 0 Å². The van der Waals surface area contributed by atoms with E-state index >= 15 is 0 Å². The molecule has 3 heteroatoms. The number of rotatable bonds is 3. The number of likely N-dealkylation sites (tertiary alicyclic amines) is 1. The fraction of sp³-hybridized carbons (Fsp3) is 0.933. The highest BCUT2D eigenvalue weighted by molar-refractivity contribution is 5.15. The molecule has 0 aromatic carbocycles. The first kappa shape index (κ1) is 12.4. The van der Waals surface area contributed by atoms with E-state index in [9.17, 15) is 5.26 Å². The molecule has 3 rings (SSSR count). The molecule has 2 unspecified atom stereocenters. The van der Waals surface area contributed by atoms with Crippen LogP contribution in [0.5, 0.6) is 0 Å². The Kier molecular flexibility index (Phi) is 2.91. The topological polar surface area (TPSA) is 39.1 Å². The predicted octanol–water partition coefficient (Wildman–Crippen LogP) is 2.29. The third kappa shape index (κ3) is 2.41. The maximum atomic E-state index is 9.53. The summed E-state index contributed by atoms with van der Waals surface area (Å²) in [6, 6.07) is 3.86. The fourth-order valence-electron chi connectivity index (χ4n) is 3.68. The fourth-order valence-corrected chi connectivity index (χ4v) is 3.68. The van der Waals surface area contributed by atoms with Crippen LogP contribution in [0.2, 0.25) is 0 Å². The van der Waals surface area contributed by atoms with Gasteiger partial charge in [-0.1, -0.05) is 13.8 Å². The highest BCUT2D eigenvalue weighted by Gasteiger charge is 2.46. The second kappa shape index (κ2) is 4.21. The number of hydrogen-bond donors (Lipinski definition) is 1. The van der Waals surface area contributed by atoms with E-state index in [2.05, 4.69) is 30.1 Å². The van der Waals surface area contributed by atoms with Crippen LogP contribution in [0.25, 0.3) is 0 Å². The van der Waals surface area contributed by atoms with Gasteiger partial charge in [0, 0.05) is 18.6 Å². The molecule has 2 aliphatic carbocycles. The molecule has 3 fully saturated rings. The quantitative estimate of drug-likeness (QED) is 0.831. The largest absolute Gasteiger partial charge is 0.300 e. The molecule has 1 N–H and O–H groups in total. The summed E-state index contributed by atoms with van der Waals surface area (Å²) in [5.41, 5.74) is 0.264. The maximum absolute atomic E-state index is 9.53. The van der Waals surface area contributed by atoms with E-state index < -0.39 is 0 Å². The maximum Gasteiger partial charge on any atom is 0.108 e. The van der Waals surface area contributed by atoms with E-state index in [4.69, 9.17) is 0 Å². The lowest BCUT2D eigenvalue weighted by Gasteiger charge is -2.28. The van der Waals surface area contributed by atoms with Crippen LogP contribution in [0, 0.1) is 16.7 Å². The molecule has 1 heterocycles. The second-order valence-electron chi connectivity index (χ2n) is 7.39. The smallest absolute Gasteiger partial charge is 0.108 e. The first-order valence-corrected chi connectivity index (χ1v) is 7.45. The van der Waals surface area contributed by atoms with Crippen molar-refractivity contribution >= 4 is 0 Å². The third-order valence-electron chi connectivity index (χ3n) is 4.98. The summed E-state index contributed by atoms with van der Waals surface area (Å²) in [6.45, 7) is 7.16. The molecule has 100 valence electrons. The summed E-state index contributed by atoms with van der Waals surface area (Å²) in [6.07, 6.45) is 7.12. The van der Waals surface area contributed by atoms with Crippen molar-refractivity contribution in [1.29, 1.82) is 5.26 Å². The average Bonchev–Trinajstić information content (AvgIpc) is 2.90. The molecular formula is C15H25N3. The van der Waals surface area contributed by atoms with Crippen molar-refractivity contribution in [3.05, 3.63) is 0 Å². The zero-order valence-corrected chi connectivity index (χ0v) is 11.7. The van der Waals surface area contributed by atoms with Gasteiger partial charge in [0.25, 0.3) is 0 Å². The Bertz CT molecular complexity index is 366. The van der Waals surface area contributed by atoms with E-state index in [0.717, 1.165) is 12.8 Å². The Morgan fingerprint density at radius 3 is 2.56 bits per heavy atom. The van der Waals surface area contributed by atoms with Gasteiger partial charge in [0.15, 0.2) is 0 Å². The number of nitrogens with zero attached hydrogens (tertiary/aromatic N) is 2. The number of hydrogen-bond acceptors (Lipinski definition) is 3. The molecule has 3 aliphatic rings. The molecule has 0 spiro atoms.